The van der Waals surface area contributed by atoms with Crippen molar-refractivity contribution in [1.82, 2.24) is 4.90 Å². The number of piperidine rings is 1. The summed E-state index contributed by atoms with van der Waals surface area (Å²) in [6.45, 7) is 6.46. The first kappa shape index (κ1) is 18.4. The van der Waals surface area contributed by atoms with Crippen LogP contribution in [0.3, 0.4) is 0 Å². The Labute approximate surface area is 119 Å². The van der Waals surface area contributed by atoms with Crippen molar-refractivity contribution in [3.8, 4) is 0 Å². The molecule has 0 saturated carbocycles. The summed E-state index contributed by atoms with van der Waals surface area (Å²) in [5.74, 6) is -0.153. The molecule has 2 N–H and O–H groups in total. The van der Waals surface area contributed by atoms with Gasteiger partial charge in [-0.2, -0.15) is 0 Å². The zero-order valence-electron chi connectivity index (χ0n) is 12.6. The molecule has 7 heteroatoms. The van der Waals surface area contributed by atoms with Crippen molar-refractivity contribution in [3.05, 3.63) is 0 Å². The second-order valence-electron chi connectivity index (χ2n) is 5.29. The first-order valence-electron chi connectivity index (χ1n) is 6.46. The number of ether oxygens (including phenoxy) is 2. The fourth-order valence-corrected chi connectivity index (χ4v) is 1.35. The van der Waals surface area contributed by atoms with Crippen LogP contribution in [0.25, 0.3) is 0 Å². The number of hydrogen-bond acceptors (Lipinski definition) is 6. The average molecular weight is 288 g/mol. The number of carbonyl (C=O) groups excluding carboxylic acids is 3. The lowest BCUT2D eigenvalue weighted by Gasteiger charge is -2.29. The summed E-state index contributed by atoms with van der Waals surface area (Å²) >= 11 is 0. The van der Waals surface area contributed by atoms with Crippen LogP contribution in [-0.4, -0.2) is 55.1 Å². The van der Waals surface area contributed by atoms with Crippen LogP contribution in [-0.2, 0) is 19.1 Å². The summed E-state index contributed by atoms with van der Waals surface area (Å²) in [5, 5.41) is 0. The number of amides is 1. The summed E-state index contributed by atoms with van der Waals surface area (Å²) in [4.78, 5) is 33.9. The Kier molecular flexibility index (Phi) is 7.83. The minimum atomic E-state index is -0.460. The number of ketones is 1. The molecule has 0 aliphatic carbocycles. The molecule has 116 valence electrons. The van der Waals surface area contributed by atoms with Gasteiger partial charge in [0.05, 0.1) is 13.7 Å². The maximum absolute atomic E-state index is 11.5. The van der Waals surface area contributed by atoms with E-state index in [1.807, 2.05) is 20.8 Å². The van der Waals surface area contributed by atoms with E-state index in [1.165, 1.54) is 7.11 Å². The standard InChI is InChI=1S/C10H17NO3.C3H7NO2/c1-10(2,3)14-9(13)11-6-4-8(12)5-7-11;1-6-3(5)2-4/h4-7H2,1-3H3;2,4H2,1H3. The first-order chi connectivity index (χ1) is 9.19. The maximum atomic E-state index is 11.5. The Balaban J connectivity index is 0.000000511. The van der Waals surface area contributed by atoms with Gasteiger partial charge in [-0.05, 0) is 20.8 Å². The Morgan fingerprint density at radius 3 is 2.05 bits per heavy atom. The van der Waals surface area contributed by atoms with Gasteiger partial charge in [0.2, 0.25) is 0 Å². The fraction of sp³-hybridized carbons (Fsp3) is 0.769. The predicted octanol–water partition coefficient (Wildman–Crippen LogP) is 0.705. The smallest absolute Gasteiger partial charge is 0.410 e. The molecule has 0 spiro atoms. The van der Waals surface area contributed by atoms with Crippen LogP contribution in [0.1, 0.15) is 33.6 Å². The molecule has 1 fully saturated rings. The second-order valence-corrected chi connectivity index (χ2v) is 5.29. The molecule has 0 atom stereocenters. The van der Waals surface area contributed by atoms with Crippen LogP contribution >= 0.6 is 0 Å². The quantitative estimate of drug-likeness (QED) is 0.713. The Morgan fingerprint density at radius 1 is 1.25 bits per heavy atom. The number of hydrogen-bond donors (Lipinski definition) is 1. The number of nitrogens with zero attached hydrogens (tertiary/aromatic N) is 1. The largest absolute Gasteiger partial charge is 0.468 e. The number of nitrogens with two attached hydrogens (primary N) is 1. The normalized spacial score (nSPS) is 15.1. The van der Waals surface area contributed by atoms with Crippen LogP contribution in [0.5, 0.6) is 0 Å². The highest BCUT2D eigenvalue weighted by atomic mass is 16.6. The molecule has 0 unspecified atom stereocenters. The van der Waals surface area contributed by atoms with Crippen molar-refractivity contribution in [3.63, 3.8) is 0 Å². The lowest BCUT2D eigenvalue weighted by molar-refractivity contribution is -0.138. The van der Waals surface area contributed by atoms with Gasteiger partial charge in [0.15, 0.2) is 0 Å². The van der Waals surface area contributed by atoms with Gasteiger partial charge < -0.3 is 20.1 Å². The van der Waals surface area contributed by atoms with Crippen molar-refractivity contribution in [2.75, 3.05) is 26.7 Å². The first-order valence-corrected chi connectivity index (χ1v) is 6.46. The number of Topliss-reactive ketones (excluding diaryl/α,β-unsaturated/α-hetero) is 1. The van der Waals surface area contributed by atoms with Gasteiger partial charge in [0.1, 0.15) is 11.4 Å². The SMILES string of the molecule is CC(C)(C)OC(=O)N1CCC(=O)CC1.COC(=O)CN. The molecule has 1 heterocycles. The van der Waals surface area contributed by atoms with Crippen LogP contribution in [0.2, 0.25) is 0 Å². The van der Waals surface area contributed by atoms with Gasteiger partial charge in [-0.15, -0.1) is 0 Å². The molecule has 1 saturated heterocycles. The third-order valence-corrected chi connectivity index (χ3v) is 2.37. The number of likely N-dealkylation sites (tertiary alicyclic amines) is 1. The second kappa shape index (κ2) is 8.52. The van der Waals surface area contributed by atoms with Crippen LogP contribution in [0, 0.1) is 0 Å². The van der Waals surface area contributed by atoms with Gasteiger partial charge in [0, 0.05) is 25.9 Å². The average Bonchev–Trinajstić information content (AvgIpc) is 2.37. The number of methoxy groups -OCH3 is 1. The molecular formula is C13H24N2O5. The molecule has 0 aromatic carbocycles. The van der Waals surface area contributed by atoms with Gasteiger partial charge in [-0.25, -0.2) is 4.79 Å². The van der Waals surface area contributed by atoms with E-state index in [0.29, 0.717) is 25.9 Å². The predicted molar refractivity (Wildman–Crippen MR) is 73.1 cm³/mol. The molecule has 7 nitrogen and oxygen atoms in total. The highest BCUT2D eigenvalue weighted by molar-refractivity contribution is 5.81. The molecule has 0 aromatic heterocycles. The van der Waals surface area contributed by atoms with Crippen molar-refractivity contribution in [2.45, 2.75) is 39.2 Å². The van der Waals surface area contributed by atoms with Crippen molar-refractivity contribution >= 4 is 17.8 Å². The van der Waals surface area contributed by atoms with E-state index in [2.05, 4.69) is 4.74 Å². The molecule has 1 aliphatic rings. The van der Waals surface area contributed by atoms with Crippen LogP contribution < -0.4 is 5.73 Å². The molecule has 0 aromatic rings. The topological polar surface area (TPSA) is 98.9 Å². The Bertz CT molecular complexity index is 333. The minimum absolute atomic E-state index is 0.0312. The third-order valence-electron chi connectivity index (χ3n) is 2.37. The molecule has 1 amide bonds. The van der Waals surface area contributed by atoms with E-state index >= 15 is 0 Å². The van der Waals surface area contributed by atoms with Crippen LogP contribution in [0.15, 0.2) is 0 Å². The summed E-state index contributed by atoms with van der Waals surface area (Å²) < 4.78 is 9.32. The van der Waals surface area contributed by atoms with E-state index in [1.54, 1.807) is 4.90 Å². The van der Waals surface area contributed by atoms with E-state index < -0.39 is 5.60 Å². The fourth-order valence-electron chi connectivity index (χ4n) is 1.35. The summed E-state index contributed by atoms with van der Waals surface area (Å²) in [7, 11) is 1.30. The minimum Gasteiger partial charge on any atom is -0.468 e. The third kappa shape index (κ3) is 8.47. The number of esters is 1. The van der Waals surface area contributed by atoms with Gasteiger partial charge in [-0.1, -0.05) is 0 Å². The Hall–Kier alpha value is -1.63. The lowest BCUT2D eigenvalue weighted by atomic mass is 10.1. The van der Waals surface area contributed by atoms with E-state index in [-0.39, 0.29) is 24.4 Å². The maximum Gasteiger partial charge on any atom is 0.410 e. The van der Waals surface area contributed by atoms with Gasteiger partial charge >= 0.3 is 12.1 Å². The molecule has 20 heavy (non-hydrogen) atoms. The Morgan fingerprint density at radius 2 is 1.75 bits per heavy atom. The van der Waals surface area contributed by atoms with Crippen molar-refractivity contribution < 1.29 is 23.9 Å². The molecular weight excluding hydrogens is 264 g/mol. The van der Waals surface area contributed by atoms with E-state index in [4.69, 9.17) is 10.5 Å². The molecule has 1 rings (SSSR count). The van der Waals surface area contributed by atoms with Gasteiger partial charge in [0.25, 0.3) is 0 Å². The highest BCUT2D eigenvalue weighted by Gasteiger charge is 2.25. The zero-order chi connectivity index (χ0) is 15.8. The highest BCUT2D eigenvalue weighted by Crippen LogP contribution is 2.13. The zero-order valence-corrected chi connectivity index (χ0v) is 12.6. The summed E-state index contributed by atoms with van der Waals surface area (Å²) in [5.41, 5.74) is 4.35. The van der Waals surface area contributed by atoms with Gasteiger partial charge in [-0.3, -0.25) is 9.59 Å². The van der Waals surface area contributed by atoms with Crippen molar-refractivity contribution in [1.29, 1.82) is 0 Å². The van der Waals surface area contributed by atoms with Crippen molar-refractivity contribution in [2.24, 2.45) is 5.73 Å². The molecule has 0 radical (unpaired) electrons. The summed E-state index contributed by atoms with van der Waals surface area (Å²) in [6, 6.07) is 0. The molecule has 1 aliphatic heterocycles. The van der Waals surface area contributed by atoms with Crippen LogP contribution in [0.4, 0.5) is 4.79 Å². The summed E-state index contributed by atoms with van der Waals surface area (Å²) in [6.07, 6.45) is 0.600. The molecule has 0 bridgehead atoms. The number of rotatable bonds is 1. The monoisotopic (exact) mass is 288 g/mol. The number of carbonyl (C=O) groups is 3. The van der Waals surface area contributed by atoms with E-state index in [9.17, 15) is 14.4 Å². The van der Waals surface area contributed by atoms with E-state index in [0.717, 1.165) is 0 Å². The lowest BCUT2D eigenvalue weighted by Crippen LogP contribution is -2.41.